The Bertz CT molecular complexity index is 203. The van der Waals surface area contributed by atoms with Gasteiger partial charge in [0.2, 0.25) is 0 Å². The average Bonchev–Trinajstić information content (AvgIpc) is 2.33. The van der Waals surface area contributed by atoms with E-state index in [0.29, 0.717) is 8.73 Å². The second kappa shape index (κ2) is 1.98. The Hall–Kier alpha value is -0.590. The molecule has 1 heterocycles. The van der Waals surface area contributed by atoms with Gasteiger partial charge in [-0.25, -0.2) is 0 Å². The molecule has 46 valence electrons. The number of rotatable bonds is 0. The van der Waals surface area contributed by atoms with Crippen molar-refractivity contribution in [3.05, 3.63) is 24.3 Å². The molecule has 0 bridgehead atoms. The topological polar surface area (TPSA) is 21.3 Å². The Morgan fingerprint density at radius 2 is 2.22 bits per heavy atom. The van der Waals surface area contributed by atoms with Gasteiger partial charge in [0.1, 0.15) is 0 Å². The normalized spacial score (nSPS) is 17.3. The summed E-state index contributed by atoms with van der Waals surface area (Å²) >= 11 is 0. The Kier molecular flexibility index (Phi) is 1.15. The van der Waals surface area contributed by atoms with E-state index in [-0.39, 0.29) is 0 Å². The maximum Gasteiger partial charge on any atom is 0.156 e. The molecule has 0 spiro atoms. The third kappa shape index (κ3) is 0.805. The summed E-state index contributed by atoms with van der Waals surface area (Å²) in [5.41, 5.74) is 0. The van der Waals surface area contributed by atoms with E-state index in [9.17, 15) is 0 Å². The Balaban J connectivity index is 2.54. The third-order valence-electron chi connectivity index (χ3n) is 1.23. The number of benzene rings is 1. The minimum atomic E-state index is 0.607. The van der Waals surface area contributed by atoms with Crippen LogP contribution in [-0.2, 0) is 0 Å². The van der Waals surface area contributed by atoms with E-state index in [2.05, 4.69) is 11.3 Å². The summed E-state index contributed by atoms with van der Waals surface area (Å²) in [4.78, 5) is 5.06. The lowest BCUT2D eigenvalue weighted by Crippen LogP contribution is -1.98. The Morgan fingerprint density at radius 1 is 1.33 bits per heavy atom. The van der Waals surface area contributed by atoms with Crippen LogP contribution >= 0.6 is 8.73 Å². The van der Waals surface area contributed by atoms with Crippen LogP contribution in [0.5, 0.6) is 5.75 Å². The standard InChI is InChI=1S/C6H6NOP/c1-2-4-6-5(3-1)8-7-9-6/h1-4,7,9H. The zero-order chi connectivity index (χ0) is 6.10. The molecule has 1 aliphatic heterocycles. The van der Waals surface area contributed by atoms with E-state index >= 15 is 0 Å². The molecular formula is C6H6NOP. The second-order valence-corrected chi connectivity index (χ2v) is 2.82. The van der Waals surface area contributed by atoms with E-state index in [1.54, 1.807) is 0 Å². The van der Waals surface area contributed by atoms with Gasteiger partial charge in [0.05, 0.1) is 0 Å². The SMILES string of the molecule is c1ccc2c(c1)ONP2. The Labute approximate surface area is 55.0 Å². The predicted molar refractivity (Wildman–Crippen MR) is 38.2 cm³/mol. The molecule has 1 atom stereocenters. The van der Waals surface area contributed by atoms with Crippen LogP contribution in [0.15, 0.2) is 24.3 Å². The molecule has 0 amide bonds. The molecule has 1 aliphatic rings. The van der Waals surface area contributed by atoms with Gasteiger partial charge in [0, 0.05) is 14.0 Å². The fourth-order valence-corrected chi connectivity index (χ4v) is 1.50. The van der Waals surface area contributed by atoms with Gasteiger partial charge in [-0.05, 0) is 12.1 Å². The first-order valence-electron chi connectivity index (χ1n) is 2.74. The summed E-state index contributed by atoms with van der Waals surface area (Å²) in [5, 5.41) is 4.08. The molecule has 2 nitrogen and oxygen atoms in total. The first-order valence-corrected chi connectivity index (χ1v) is 3.74. The van der Waals surface area contributed by atoms with Crippen molar-refractivity contribution in [1.82, 2.24) is 5.25 Å². The van der Waals surface area contributed by atoms with Gasteiger partial charge in [-0.15, -0.1) is 5.25 Å². The van der Waals surface area contributed by atoms with Crippen LogP contribution in [0.25, 0.3) is 0 Å². The monoisotopic (exact) mass is 139 g/mol. The van der Waals surface area contributed by atoms with Crippen molar-refractivity contribution in [2.75, 3.05) is 0 Å². The van der Waals surface area contributed by atoms with Crippen molar-refractivity contribution in [2.24, 2.45) is 0 Å². The van der Waals surface area contributed by atoms with Crippen LogP contribution in [0, 0.1) is 0 Å². The summed E-state index contributed by atoms with van der Waals surface area (Å²) < 4.78 is 0. The highest BCUT2D eigenvalue weighted by Crippen LogP contribution is 2.21. The van der Waals surface area contributed by atoms with Gasteiger partial charge >= 0.3 is 0 Å². The van der Waals surface area contributed by atoms with Gasteiger partial charge in [-0.2, -0.15) is 0 Å². The first kappa shape index (κ1) is 5.21. The molecule has 0 aromatic heterocycles. The van der Waals surface area contributed by atoms with Crippen LogP contribution in [0.2, 0.25) is 0 Å². The summed E-state index contributed by atoms with van der Waals surface area (Å²) in [6, 6.07) is 8.01. The first-order chi connectivity index (χ1) is 4.47. The molecule has 9 heavy (non-hydrogen) atoms. The molecule has 2 rings (SSSR count). The van der Waals surface area contributed by atoms with Crippen LogP contribution in [-0.4, -0.2) is 0 Å². The Morgan fingerprint density at radius 3 is 3.11 bits per heavy atom. The molecular weight excluding hydrogens is 133 g/mol. The highest BCUT2D eigenvalue weighted by atomic mass is 31.1. The lowest BCUT2D eigenvalue weighted by molar-refractivity contribution is 0.295. The van der Waals surface area contributed by atoms with Gasteiger partial charge < -0.3 is 4.84 Å². The number of hydrogen-bond donors (Lipinski definition) is 1. The number of para-hydroxylation sites is 1. The number of hydrogen-bond acceptors (Lipinski definition) is 2. The van der Waals surface area contributed by atoms with Crippen LogP contribution < -0.4 is 15.4 Å². The minimum Gasteiger partial charge on any atom is -0.404 e. The summed E-state index contributed by atoms with van der Waals surface area (Å²) in [6.07, 6.45) is 0. The molecule has 1 unspecified atom stereocenters. The van der Waals surface area contributed by atoms with Crippen molar-refractivity contribution in [3.8, 4) is 5.75 Å². The van der Waals surface area contributed by atoms with Crippen molar-refractivity contribution in [1.29, 1.82) is 0 Å². The summed E-state index contributed by atoms with van der Waals surface area (Å²) in [6.45, 7) is 0. The molecule has 0 radical (unpaired) electrons. The summed E-state index contributed by atoms with van der Waals surface area (Å²) in [7, 11) is 0.607. The highest BCUT2D eigenvalue weighted by Gasteiger charge is 2.08. The van der Waals surface area contributed by atoms with Crippen LogP contribution in [0.1, 0.15) is 0 Å². The molecule has 3 heteroatoms. The van der Waals surface area contributed by atoms with E-state index < -0.39 is 0 Å². The lowest BCUT2D eigenvalue weighted by atomic mass is 10.3. The van der Waals surface area contributed by atoms with Crippen molar-refractivity contribution in [2.45, 2.75) is 0 Å². The molecule has 0 saturated heterocycles. The van der Waals surface area contributed by atoms with E-state index in [1.807, 2.05) is 18.2 Å². The second-order valence-electron chi connectivity index (χ2n) is 1.83. The van der Waals surface area contributed by atoms with Gasteiger partial charge in [-0.3, -0.25) is 0 Å². The van der Waals surface area contributed by atoms with Gasteiger partial charge in [0.15, 0.2) is 5.75 Å². The number of nitrogens with one attached hydrogen (secondary N) is 1. The van der Waals surface area contributed by atoms with Gasteiger partial charge in [0.25, 0.3) is 0 Å². The molecule has 1 N–H and O–H groups in total. The van der Waals surface area contributed by atoms with Crippen molar-refractivity contribution in [3.63, 3.8) is 0 Å². The van der Waals surface area contributed by atoms with Crippen molar-refractivity contribution < 1.29 is 4.84 Å². The summed E-state index contributed by atoms with van der Waals surface area (Å²) in [5.74, 6) is 0.968. The molecule has 0 saturated carbocycles. The maximum absolute atomic E-state index is 5.06. The smallest absolute Gasteiger partial charge is 0.156 e. The van der Waals surface area contributed by atoms with E-state index in [0.717, 1.165) is 5.75 Å². The fourth-order valence-electron chi connectivity index (χ4n) is 0.794. The quantitative estimate of drug-likeness (QED) is 0.537. The van der Waals surface area contributed by atoms with Crippen molar-refractivity contribution >= 4 is 14.0 Å². The van der Waals surface area contributed by atoms with E-state index in [4.69, 9.17) is 4.84 Å². The van der Waals surface area contributed by atoms with Crippen LogP contribution in [0.4, 0.5) is 0 Å². The predicted octanol–water partition coefficient (Wildman–Crippen LogP) is 0.802. The lowest BCUT2D eigenvalue weighted by Gasteiger charge is -1.91. The molecule has 0 aliphatic carbocycles. The highest BCUT2D eigenvalue weighted by molar-refractivity contribution is 7.45. The van der Waals surface area contributed by atoms with Gasteiger partial charge in [-0.1, -0.05) is 12.1 Å². The zero-order valence-electron chi connectivity index (χ0n) is 4.72. The van der Waals surface area contributed by atoms with Crippen LogP contribution in [0.3, 0.4) is 0 Å². The average molecular weight is 139 g/mol. The minimum absolute atomic E-state index is 0.607. The maximum atomic E-state index is 5.06. The third-order valence-corrected chi connectivity index (χ3v) is 2.12. The molecule has 1 aromatic rings. The largest absolute Gasteiger partial charge is 0.404 e. The zero-order valence-corrected chi connectivity index (χ0v) is 5.72. The van der Waals surface area contributed by atoms with E-state index in [1.165, 1.54) is 5.30 Å². The number of fused-ring (bicyclic) bond motifs is 1. The fraction of sp³-hybridized carbons (Fsp3) is 0. The molecule has 1 aromatic carbocycles. The molecule has 0 fully saturated rings.